The van der Waals surface area contributed by atoms with Gasteiger partial charge in [-0.05, 0) is 13.8 Å². The fraction of sp³-hybridized carbons (Fsp3) is 0.500. The lowest BCUT2D eigenvalue weighted by Crippen LogP contribution is -2.17. The van der Waals surface area contributed by atoms with Gasteiger partial charge >= 0.3 is 18.1 Å². The summed E-state index contributed by atoms with van der Waals surface area (Å²) in [7, 11) is 0. The third-order valence-electron chi connectivity index (χ3n) is 1.90. The van der Waals surface area contributed by atoms with Crippen LogP contribution in [-0.4, -0.2) is 30.3 Å². The summed E-state index contributed by atoms with van der Waals surface area (Å²) in [6.45, 7) is 2.61. The van der Waals surface area contributed by atoms with Crippen molar-refractivity contribution in [3.05, 3.63) is 17.0 Å². The Balaban J connectivity index is 3.30. The topological polar surface area (TPSA) is 78.6 Å². The van der Waals surface area contributed by atoms with Crippen molar-refractivity contribution in [1.82, 2.24) is 5.16 Å². The fourth-order valence-corrected chi connectivity index (χ4v) is 1.22. The minimum absolute atomic E-state index is 0.0880. The average Bonchev–Trinajstić information content (AvgIpc) is 2.73. The van der Waals surface area contributed by atoms with Crippen LogP contribution in [-0.2, 0) is 15.7 Å². The van der Waals surface area contributed by atoms with Crippen LogP contribution in [0.3, 0.4) is 0 Å². The normalized spacial score (nSPS) is 11.2. The molecule has 0 saturated carbocycles. The summed E-state index contributed by atoms with van der Waals surface area (Å²) in [5.74, 6) is -4.22. The van der Waals surface area contributed by atoms with Crippen LogP contribution in [0.15, 0.2) is 4.52 Å². The third kappa shape index (κ3) is 3.24. The SMILES string of the molecule is CCOC(=O)c1noc(C(F)(F)F)c1C(=O)OCC. The van der Waals surface area contributed by atoms with E-state index in [9.17, 15) is 22.8 Å². The van der Waals surface area contributed by atoms with Crippen molar-refractivity contribution in [1.29, 1.82) is 0 Å². The molecule has 6 nitrogen and oxygen atoms in total. The first kappa shape index (κ1) is 15.0. The standard InChI is InChI=1S/C10H10F3NO5/c1-3-17-8(15)5-6(9(16)18-4-2)14-19-7(5)10(11,12)13/h3-4H2,1-2H3. The molecule has 0 unspecified atom stereocenters. The number of nitrogens with zero attached hydrogens (tertiary/aromatic N) is 1. The largest absolute Gasteiger partial charge is 0.462 e. The van der Waals surface area contributed by atoms with Crippen LogP contribution in [0.5, 0.6) is 0 Å². The van der Waals surface area contributed by atoms with Crippen molar-refractivity contribution in [2.24, 2.45) is 0 Å². The summed E-state index contributed by atoms with van der Waals surface area (Å²) in [4.78, 5) is 22.9. The van der Waals surface area contributed by atoms with Crippen molar-refractivity contribution in [2.75, 3.05) is 13.2 Å². The van der Waals surface area contributed by atoms with E-state index in [-0.39, 0.29) is 13.2 Å². The summed E-state index contributed by atoms with van der Waals surface area (Å²) in [5.41, 5.74) is -1.93. The minimum atomic E-state index is -4.97. The summed E-state index contributed by atoms with van der Waals surface area (Å²) < 4.78 is 50.8. The predicted octanol–water partition coefficient (Wildman–Crippen LogP) is 2.05. The predicted molar refractivity (Wildman–Crippen MR) is 53.4 cm³/mol. The Morgan fingerprint density at radius 2 is 1.68 bits per heavy atom. The number of rotatable bonds is 4. The van der Waals surface area contributed by atoms with Crippen LogP contribution in [0.4, 0.5) is 13.2 Å². The Morgan fingerprint density at radius 1 is 1.16 bits per heavy atom. The molecule has 0 atom stereocenters. The number of carbonyl (C=O) groups is 2. The van der Waals surface area contributed by atoms with E-state index in [2.05, 4.69) is 19.2 Å². The maximum atomic E-state index is 12.6. The molecular formula is C10H10F3NO5. The zero-order chi connectivity index (χ0) is 14.6. The molecule has 0 N–H and O–H groups in total. The molecule has 0 aliphatic heterocycles. The van der Waals surface area contributed by atoms with Crippen LogP contribution in [0.1, 0.15) is 40.5 Å². The lowest BCUT2D eigenvalue weighted by Gasteiger charge is -2.05. The number of ether oxygens (including phenoxy) is 2. The third-order valence-corrected chi connectivity index (χ3v) is 1.90. The summed E-state index contributed by atoms with van der Waals surface area (Å²) >= 11 is 0. The van der Waals surface area contributed by atoms with E-state index in [1.54, 1.807) is 0 Å². The molecule has 1 aromatic heterocycles. The molecule has 0 aromatic carbocycles. The van der Waals surface area contributed by atoms with E-state index in [0.29, 0.717) is 0 Å². The number of alkyl halides is 3. The molecule has 0 spiro atoms. The van der Waals surface area contributed by atoms with Crippen molar-refractivity contribution in [3.8, 4) is 0 Å². The van der Waals surface area contributed by atoms with Gasteiger partial charge in [0.05, 0.1) is 13.2 Å². The van der Waals surface area contributed by atoms with Gasteiger partial charge in [-0.15, -0.1) is 0 Å². The van der Waals surface area contributed by atoms with Gasteiger partial charge in [-0.3, -0.25) is 0 Å². The van der Waals surface area contributed by atoms with Crippen LogP contribution in [0.2, 0.25) is 0 Å². The van der Waals surface area contributed by atoms with Gasteiger partial charge in [0, 0.05) is 0 Å². The number of hydrogen-bond donors (Lipinski definition) is 0. The highest BCUT2D eigenvalue weighted by Gasteiger charge is 2.44. The molecule has 9 heteroatoms. The Kier molecular flexibility index (Phi) is 4.52. The molecular weight excluding hydrogens is 271 g/mol. The first-order valence-electron chi connectivity index (χ1n) is 5.24. The van der Waals surface area contributed by atoms with Crippen LogP contribution in [0.25, 0.3) is 0 Å². The highest BCUT2D eigenvalue weighted by molar-refractivity contribution is 6.02. The van der Waals surface area contributed by atoms with Gasteiger partial charge in [0.25, 0.3) is 5.76 Å². The lowest BCUT2D eigenvalue weighted by molar-refractivity contribution is -0.156. The molecule has 0 radical (unpaired) electrons. The highest BCUT2D eigenvalue weighted by Crippen LogP contribution is 2.34. The van der Waals surface area contributed by atoms with Gasteiger partial charge in [0.15, 0.2) is 0 Å². The molecule has 0 bridgehead atoms. The molecule has 19 heavy (non-hydrogen) atoms. The molecule has 0 aliphatic carbocycles. The molecule has 0 saturated heterocycles. The maximum absolute atomic E-state index is 12.6. The van der Waals surface area contributed by atoms with E-state index >= 15 is 0 Å². The number of hydrogen-bond acceptors (Lipinski definition) is 6. The van der Waals surface area contributed by atoms with Gasteiger partial charge in [-0.2, -0.15) is 13.2 Å². The molecule has 0 aliphatic rings. The van der Waals surface area contributed by atoms with Crippen molar-refractivity contribution < 1.29 is 36.8 Å². The van der Waals surface area contributed by atoms with E-state index in [4.69, 9.17) is 0 Å². The number of carbonyl (C=O) groups excluding carboxylic acids is 2. The smallest absolute Gasteiger partial charge is 0.453 e. The van der Waals surface area contributed by atoms with Gasteiger partial charge in [0.1, 0.15) is 5.56 Å². The van der Waals surface area contributed by atoms with Gasteiger partial charge in [-0.1, -0.05) is 5.16 Å². The minimum Gasteiger partial charge on any atom is -0.462 e. The summed E-state index contributed by atoms with van der Waals surface area (Å²) in [5, 5.41) is 2.93. The lowest BCUT2D eigenvalue weighted by atomic mass is 10.2. The van der Waals surface area contributed by atoms with Crippen molar-refractivity contribution in [2.45, 2.75) is 20.0 Å². The van der Waals surface area contributed by atoms with Gasteiger partial charge in [-0.25, -0.2) is 9.59 Å². The van der Waals surface area contributed by atoms with Gasteiger partial charge < -0.3 is 14.0 Å². The molecule has 106 valence electrons. The zero-order valence-corrected chi connectivity index (χ0v) is 10.0. The summed E-state index contributed by atoms with van der Waals surface area (Å²) in [6.07, 6.45) is -4.97. The maximum Gasteiger partial charge on any atom is 0.453 e. The first-order chi connectivity index (χ1) is 8.82. The van der Waals surface area contributed by atoms with E-state index in [1.165, 1.54) is 13.8 Å². The second kappa shape index (κ2) is 5.72. The highest BCUT2D eigenvalue weighted by atomic mass is 19.4. The number of aromatic nitrogens is 1. The molecule has 1 rings (SSSR count). The zero-order valence-electron chi connectivity index (χ0n) is 10.0. The monoisotopic (exact) mass is 281 g/mol. The number of halogens is 3. The fourth-order valence-electron chi connectivity index (χ4n) is 1.22. The molecule has 1 aromatic rings. The van der Waals surface area contributed by atoms with Crippen LogP contribution in [0, 0.1) is 0 Å². The molecule has 0 amide bonds. The second-order valence-electron chi connectivity index (χ2n) is 3.17. The number of esters is 2. The Morgan fingerprint density at radius 3 is 2.16 bits per heavy atom. The Bertz CT molecular complexity index is 480. The first-order valence-corrected chi connectivity index (χ1v) is 5.24. The summed E-state index contributed by atoms with van der Waals surface area (Å²) in [6, 6.07) is 0. The van der Waals surface area contributed by atoms with Crippen LogP contribution < -0.4 is 0 Å². The van der Waals surface area contributed by atoms with E-state index in [1.807, 2.05) is 0 Å². The van der Waals surface area contributed by atoms with Crippen molar-refractivity contribution in [3.63, 3.8) is 0 Å². The Hall–Kier alpha value is -2.06. The van der Waals surface area contributed by atoms with Crippen LogP contribution >= 0.6 is 0 Å². The quantitative estimate of drug-likeness (QED) is 0.786. The van der Waals surface area contributed by atoms with Crippen molar-refractivity contribution >= 4 is 11.9 Å². The average molecular weight is 281 g/mol. The van der Waals surface area contributed by atoms with E-state index in [0.717, 1.165) is 0 Å². The molecule has 0 fully saturated rings. The second-order valence-corrected chi connectivity index (χ2v) is 3.17. The van der Waals surface area contributed by atoms with Gasteiger partial charge in [0.2, 0.25) is 5.69 Å². The Labute approximate surface area is 105 Å². The van der Waals surface area contributed by atoms with E-state index < -0.39 is 35.1 Å². The molecule has 1 heterocycles.